The van der Waals surface area contributed by atoms with Crippen molar-refractivity contribution >= 4 is 25.7 Å². The molecule has 0 heterocycles. The number of nitrogens with one attached hydrogen (secondary N) is 1. The highest BCUT2D eigenvalue weighted by atomic mass is 31.2. The number of carbonyl (C=O) groups excluding carboxylic acids is 2. The number of carboxylic acids is 1. The fourth-order valence-corrected chi connectivity index (χ4v) is 6.01. The van der Waals surface area contributed by atoms with Crippen molar-refractivity contribution in [2.45, 2.75) is 174 Å². The Balaban J connectivity index is 4.04. The molecule has 0 aromatic carbocycles. The average Bonchev–Trinajstić information content (AvgIpc) is 3.16. The SMILES string of the molecule is CCCCC/C=C\C/C=C\C/C=C\C/C=C\CCCC(=O)NC(COP(=O)(O)OCC(O)COC(=O)CCCCCCC/C=C\CCCCCCC)C(=O)O. The van der Waals surface area contributed by atoms with E-state index in [0.717, 1.165) is 64.2 Å². The van der Waals surface area contributed by atoms with Gasteiger partial charge in [0, 0.05) is 12.8 Å². The van der Waals surface area contributed by atoms with Gasteiger partial charge in [-0.15, -0.1) is 0 Å². The average molecular weight is 796 g/mol. The highest BCUT2D eigenvalue weighted by Gasteiger charge is 2.28. The fourth-order valence-electron chi connectivity index (χ4n) is 5.24. The van der Waals surface area contributed by atoms with E-state index in [-0.39, 0.29) is 12.8 Å². The summed E-state index contributed by atoms with van der Waals surface area (Å²) in [7, 11) is -4.77. The second-order valence-corrected chi connectivity index (χ2v) is 15.3. The number of rotatable bonds is 38. The number of carbonyl (C=O) groups is 3. The zero-order valence-corrected chi connectivity index (χ0v) is 34.9. The van der Waals surface area contributed by atoms with Gasteiger partial charge in [-0.1, -0.05) is 132 Å². The summed E-state index contributed by atoms with van der Waals surface area (Å²) >= 11 is 0. The molecule has 0 saturated carbocycles. The number of phosphoric ester groups is 1. The maximum Gasteiger partial charge on any atom is 0.472 e. The van der Waals surface area contributed by atoms with Gasteiger partial charge in [-0.25, -0.2) is 9.36 Å². The number of unbranched alkanes of at least 4 members (excludes halogenated alkanes) is 14. The van der Waals surface area contributed by atoms with Gasteiger partial charge in [0.05, 0.1) is 13.2 Å². The van der Waals surface area contributed by atoms with Crippen LogP contribution in [0.25, 0.3) is 0 Å². The molecule has 55 heavy (non-hydrogen) atoms. The standard InChI is InChI=1S/C43H74NO10P/c1-3-5-7-9-11-13-15-17-19-20-21-22-24-26-28-30-32-34-41(46)44-40(43(48)49)38-54-55(50,51)53-37-39(45)36-52-42(47)35-33-31-29-27-25-23-18-16-14-12-10-8-6-4-2/h11,13,16-19,21-22,26,28,39-40,45H,3-10,12,14-15,20,23-25,27,29-38H2,1-2H3,(H,44,46)(H,48,49)(H,50,51)/b13-11-,18-16-,19-17-,22-21-,28-26-. The van der Waals surface area contributed by atoms with Crippen LogP contribution >= 0.6 is 7.82 Å². The van der Waals surface area contributed by atoms with Crippen molar-refractivity contribution in [3.05, 3.63) is 60.8 Å². The van der Waals surface area contributed by atoms with Gasteiger partial charge in [0.2, 0.25) is 5.91 Å². The molecule has 0 radical (unpaired) electrons. The Morgan fingerprint density at radius 2 is 1.02 bits per heavy atom. The van der Waals surface area contributed by atoms with Crippen LogP contribution in [0, 0.1) is 0 Å². The van der Waals surface area contributed by atoms with Crippen LogP contribution < -0.4 is 5.32 Å². The van der Waals surface area contributed by atoms with Crippen LogP contribution in [0.2, 0.25) is 0 Å². The van der Waals surface area contributed by atoms with Crippen molar-refractivity contribution in [2.24, 2.45) is 0 Å². The molecule has 0 aliphatic rings. The minimum atomic E-state index is -4.77. The number of aliphatic hydroxyl groups is 1. The van der Waals surface area contributed by atoms with Crippen molar-refractivity contribution in [3.63, 3.8) is 0 Å². The van der Waals surface area contributed by atoms with E-state index in [9.17, 15) is 34.1 Å². The quantitative estimate of drug-likeness (QED) is 0.0204. The molecule has 0 spiro atoms. The van der Waals surface area contributed by atoms with Crippen molar-refractivity contribution in [1.82, 2.24) is 5.32 Å². The number of amides is 1. The van der Waals surface area contributed by atoms with Crippen molar-refractivity contribution in [1.29, 1.82) is 0 Å². The van der Waals surface area contributed by atoms with Gasteiger partial charge < -0.3 is 25.2 Å². The number of aliphatic hydroxyl groups excluding tert-OH is 1. The number of carboxylic acid groups (broad SMARTS) is 1. The van der Waals surface area contributed by atoms with E-state index in [1.165, 1.54) is 51.4 Å². The van der Waals surface area contributed by atoms with E-state index in [4.69, 9.17) is 13.8 Å². The third-order valence-electron chi connectivity index (χ3n) is 8.53. The lowest BCUT2D eigenvalue weighted by atomic mass is 10.1. The highest BCUT2D eigenvalue weighted by Crippen LogP contribution is 2.43. The molecular weight excluding hydrogens is 721 g/mol. The number of allylic oxidation sites excluding steroid dienone is 10. The summed E-state index contributed by atoms with van der Waals surface area (Å²) in [6, 6.07) is -1.58. The summed E-state index contributed by atoms with van der Waals surface area (Å²) in [6.45, 7) is 2.49. The number of hydrogen-bond donors (Lipinski definition) is 4. The summed E-state index contributed by atoms with van der Waals surface area (Å²) < 4.78 is 26.7. The number of hydrogen-bond acceptors (Lipinski definition) is 8. The Kier molecular flexibility index (Phi) is 36.1. The molecule has 0 bridgehead atoms. The van der Waals surface area contributed by atoms with Crippen LogP contribution in [0.1, 0.15) is 162 Å². The van der Waals surface area contributed by atoms with E-state index in [1.54, 1.807) is 0 Å². The molecule has 0 aromatic heterocycles. The first-order chi connectivity index (χ1) is 26.6. The van der Waals surface area contributed by atoms with Gasteiger partial charge >= 0.3 is 19.8 Å². The van der Waals surface area contributed by atoms with Crippen molar-refractivity contribution in [3.8, 4) is 0 Å². The predicted octanol–water partition coefficient (Wildman–Crippen LogP) is 10.4. The molecule has 3 unspecified atom stereocenters. The maximum absolute atomic E-state index is 12.3. The molecule has 0 rings (SSSR count). The maximum atomic E-state index is 12.3. The molecule has 11 nitrogen and oxygen atoms in total. The highest BCUT2D eigenvalue weighted by molar-refractivity contribution is 7.47. The van der Waals surface area contributed by atoms with Crippen LogP contribution in [-0.2, 0) is 32.7 Å². The minimum absolute atomic E-state index is 0.0667. The Bertz CT molecular complexity index is 1170. The minimum Gasteiger partial charge on any atom is -0.480 e. The van der Waals surface area contributed by atoms with Gasteiger partial charge in [0.1, 0.15) is 12.7 Å². The van der Waals surface area contributed by atoms with Crippen LogP contribution in [0.3, 0.4) is 0 Å². The Morgan fingerprint density at radius 1 is 0.582 bits per heavy atom. The summed E-state index contributed by atoms with van der Waals surface area (Å²) in [5, 5.41) is 21.7. The lowest BCUT2D eigenvalue weighted by molar-refractivity contribution is -0.147. The van der Waals surface area contributed by atoms with E-state index >= 15 is 0 Å². The molecule has 4 N–H and O–H groups in total. The smallest absolute Gasteiger partial charge is 0.472 e. The summed E-state index contributed by atoms with van der Waals surface area (Å²) in [4.78, 5) is 45.8. The lowest BCUT2D eigenvalue weighted by Crippen LogP contribution is -2.43. The van der Waals surface area contributed by atoms with E-state index in [2.05, 4.69) is 67.8 Å². The third-order valence-corrected chi connectivity index (χ3v) is 9.48. The zero-order chi connectivity index (χ0) is 40.7. The number of esters is 1. The van der Waals surface area contributed by atoms with E-state index in [1.807, 2.05) is 12.2 Å². The normalized spacial score (nSPS) is 14.4. The molecule has 316 valence electrons. The van der Waals surface area contributed by atoms with Crippen LogP contribution in [0.15, 0.2) is 60.8 Å². The second kappa shape index (κ2) is 38.1. The van der Waals surface area contributed by atoms with E-state index < -0.39 is 57.6 Å². The lowest BCUT2D eigenvalue weighted by Gasteiger charge is -2.18. The van der Waals surface area contributed by atoms with E-state index in [0.29, 0.717) is 19.3 Å². The number of aliphatic carboxylic acids is 1. The molecule has 0 fully saturated rings. The van der Waals surface area contributed by atoms with Gasteiger partial charge in [-0.3, -0.25) is 18.6 Å². The monoisotopic (exact) mass is 796 g/mol. The third kappa shape index (κ3) is 37.9. The first kappa shape index (κ1) is 52.2. The second-order valence-electron chi connectivity index (χ2n) is 13.8. The topological polar surface area (TPSA) is 169 Å². The molecule has 1 amide bonds. The summed E-state index contributed by atoms with van der Waals surface area (Å²) in [5.74, 6) is -2.47. The number of phosphoric acid groups is 1. The van der Waals surface area contributed by atoms with Gasteiger partial charge in [0.25, 0.3) is 0 Å². The molecule has 0 aromatic rings. The van der Waals surface area contributed by atoms with Crippen molar-refractivity contribution < 1.29 is 47.8 Å². The summed E-state index contributed by atoms with van der Waals surface area (Å²) in [6.07, 6.45) is 42.5. The number of ether oxygens (including phenoxy) is 1. The molecule has 12 heteroatoms. The Morgan fingerprint density at radius 3 is 1.58 bits per heavy atom. The molecule has 0 aliphatic heterocycles. The van der Waals surface area contributed by atoms with Gasteiger partial charge in [-0.05, 0) is 77.0 Å². The Hall–Kier alpha value is -2.82. The van der Waals surface area contributed by atoms with Gasteiger partial charge in [-0.2, -0.15) is 0 Å². The summed E-state index contributed by atoms with van der Waals surface area (Å²) in [5.41, 5.74) is 0. The molecule has 3 atom stereocenters. The zero-order valence-electron chi connectivity index (χ0n) is 34.0. The predicted molar refractivity (Wildman–Crippen MR) is 222 cm³/mol. The first-order valence-corrected chi connectivity index (χ1v) is 22.3. The van der Waals surface area contributed by atoms with Crippen LogP contribution in [0.4, 0.5) is 0 Å². The fraction of sp³-hybridized carbons (Fsp3) is 0.698. The van der Waals surface area contributed by atoms with Gasteiger partial charge in [0.15, 0.2) is 6.04 Å². The molecular formula is C43H74NO10P. The largest absolute Gasteiger partial charge is 0.480 e. The van der Waals surface area contributed by atoms with Crippen molar-refractivity contribution in [2.75, 3.05) is 19.8 Å². The molecule has 0 aliphatic carbocycles. The van der Waals surface area contributed by atoms with Crippen LogP contribution in [-0.4, -0.2) is 64.9 Å². The molecule has 0 saturated heterocycles. The Labute approximate surface area is 332 Å². The first-order valence-electron chi connectivity index (χ1n) is 20.8. The van der Waals surface area contributed by atoms with Crippen LogP contribution in [0.5, 0.6) is 0 Å².